The van der Waals surface area contributed by atoms with E-state index in [4.69, 9.17) is 21.4 Å². The van der Waals surface area contributed by atoms with Gasteiger partial charge in [0.1, 0.15) is 5.60 Å². The molecule has 19 heavy (non-hydrogen) atoms. The number of halogens is 1. The van der Waals surface area contributed by atoms with Gasteiger partial charge < -0.3 is 15.2 Å². The molecule has 0 aliphatic carbocycles. The van der Waals surface area contributed by atoms with Gasteiger partial charge in [-0.2, -0.15) is 0 Å². The van der Waals surface area contributed by atoms with E-state index in [1.54, 1.807) is 0 Å². The van der Waals surface area contributed by atoms with E-state index in [2.05, 4.69) is 5.32 Å². The molecule has 0 unspecified atom stereocenters. The highest BCUT2D eigenvalue weighted by Gasteiger charge is 2.15. The fourth-order valence-corrected chi connectivity index (χ4v) is 1.40. The Hall–Kier alpha value is -1.26. The second-order valence-corrected chi connectivity index (χ2v) is 5.24. The van der Waals surface area contributed by atoms with Gasteiger partial charge in [-0.05, 0) is 44.9 Å². The predicted molar refractivity (Wildman–Crippen MR) is 77.5 cm³/mol. The number of nitrogens with one attached hydrogen (secondary N) is 1. The molecule has 0 aliphatic rings. The average molecular weight is 288 g/mol. The van der Waals surface area contributed by atoms with Crippen molar-refractivity contribution < 1.29 is 14.6 Å². The molecule has 1 amide bonds. The van der Waals surface area contributed by atoms with Crippen LogP contribution in [0.25, 0.3) is 0 Å². The van der Waals surface area contributed by atoms with Crippen LogP contribution < -0.4 is 5.32 Å². The Kier molecular flexibility index (Phi) is 8.19. The third-order valence-corrected chi connectivity index (χ3v) is 2.25. The monoisotopic (exact) mass is 287 g/mol. The molecule has 2 N–H and O–H groups in total. The molecule has 1 rings (SSSR count). The van der Waals surface area contributed by atoms with E-state index < -0.39 is 5.60 Å². The van der Waals surface area contributed by atoms with Crippen molar-refractivity contribution in [3.63, 3.8) is 0 Å². The lowest BCUT2D eigenvalue weighted by Gasteiger charge is -2.19. The molecule has 0 aromatic heterocycles. The fraction of sp³-hybridized carbons (Fsp3) is 0.500. The number of aliphatic hydroxyl groups is 1. The molecule has 108 valence electrons. The van der Waals surface area contributed by atoms with Crippen molar-refractivity contribution in [3.05, 3.63) is 34.9 Å². The van der Waals surface area contributed by atoms with Crippen LogP contribution >= 0.6 is 11.6 Å². The Morgan fingerprint density at radius 3 is 2.26 bits per heavy atom. The average Bonchev–Trinajstić information content (AvgIpc) is 2.32. The van der Waals surface area contributed by atoms with Gasteiger partial charge in [0.2, 0.25) is 0 Å². The summed E-state index contributed by atoms with van der Waals surface area (Å²) < 4.78 is 5.12. The highest BCUT2D eigenvalue weighted by atomic mass is 35.5. The molecule has 4 nitrogen and oxygen atoms in total. The van der Waals surface area contributed by atoms with Crippen LogP contribution in [0.1, 0.15) is 26.3 Å². The molecule has 0 aliphatic heterocycles. The molecule has 1 aromatic carbocycles. The molecule has 0 heterocycles. The number of hydrogen-bond acceptors (Lipinski definition) is 3. The summed E-state index contributed by atoms with van der Waals surface area (Å²) in [7, 11) is 1.00. The first-order valence-electron chi connectivity index (χ1n) is 6.03. The lowest BCUT2D eigenvalue weighted by atomic mass is 10.1. The van der Waals surface area contributed by atoms with Gasteiger partial charge >= 0.3 is 6.09 Å². The number of benzene rings is 1. The number of amides is 1. The van der Waals surface area contributed by atoms with Crippen LogP contribution in [0.5, 0.6) is 0 Å². The molecular weight excluding hydrogens is 266 g/mol. The van der Waals surface area contributed by atoms with E-state index in [0.717, 1.165) is 19.1 Å². The van der Waals surface area contributed by atoms with Gasteiger partial charge in [0.25, 0.3) is 0 Å². The summed E-state index contributed by atoms with van der Waals surface area (Å²) in [5, 5.41) is 10.4. The largest absolute Gasteiger partial charge is 0.444 e. The number of rotatable bonds is 3. The second kappa shape index (κ2) is 8.77. The topological polar surface area (TPSA) is 58.6 Å². The molecule has 0 radical (unpaired) electrons. The predicted octanol–water partition coefficient (Wildman–Crippen LogP) is 3.02. The van der Waals surface area contributed by atoms with Crippen LogP contribution in [0.15, 0.2) is 24.3 Å². The van der Waals surface area contributed by atoms with Crippen molar-refractivity contribution in [2.45, 2.75) is 32.8 Å². The first-order valence-corrected chi connectivity index (χ1v) is 6.41. The maximum atomic E-state index is 11.3. The Morgan fingerprint density at radius 1 is 1.26 bits per heavy atom. The number of alkyl carbamates (subject to hydrolysis) is 1. The summed E-state index contributed by atoms with van der Waals surface area (Å²) in [4.78, 5) is 11.3. The van der Waals surface area contributed by atoms with Crippen molar-refractivity contribution in [3.8, 4) is 0 Å². The van der Waals surface area contributed by atoms with E-state index in [0.29, 0.717) is 11.6 Å². The van der Waals surface area contributed by atoms with Crippen LogP contribution in [0.4, 0.5) is 4.79 Å². The third-order valence-electron chi connectivity index (χ3n) is 2.00. The smallest absolute Gasteiger partial charge is 0.407 e. The third kappa shape index (κ3) is 9.33. The Balaban J connectivity index is 0.00000154. The van der Waals surface area contributed by atoms with Crippen molar-refractivity contribution in [2.24, 2.45) is 0 Å². The number of carbonyl (C=O) groups excluding carboxylic acids is 1. The van der Waals surface area contributed by atoms with Crippen LogP contribution in [0, 0.1) is 0 Å². The molecular formula is C14H22ClNO3. The summed E-state index contributed by atoms with van der Waals surface area (Å²) in [6.07, 6.45) is 0.377. The quantitative estimate of drug-likeness (QED) is 0.898. The Morgan fingerprint density at radius 2 is 1.79 bits per heavy atom. The lowest BCUT2D eigenvalue weighted by molar-refractivity contribution is 0.0528. The van der Waals surface area contributed by atoms with Gasteiger partial charge in [-0.15, -0.1) is 0 Å². The summed E-state index contributed by atoms with van der Waals surface area (Å²) >= 11 is 5.78. The molecule has 0 saturated heterocycles. The molecule has 0 fully saturated rings. The minimum absolute atomic E-state index is 0.383. The molecule has 0 bridgehead atoms. The van der Waals surface area contributed by atoms with E-state index in [9.17, 15) is 4.79 Å². The van der Waals surface area contributed by atoms with E-state index in [1.807, 2.05) is 45.0 Å². The first-order chi connectivity index (χ1) is 8.87. The van der Waals surface area contributed by atoms with Gasteiger partial charge in [0.15, 0.2) is 0 Å². The molecule has 0 saturated carbocycles. The molecule has 0 spiro atoms. The number of hydrogen-bond donors (Lipinski definition) is 2. The van der Waals surface area contributed by atoms with Crippen LogP contribution in [0.3, 0.4) is 0 Å². The number of aliphatic hydroxyl groups excluding tert-OH is 1. The zero-order valence-electron chi connectivity index (χ0n) is 11.9. The highest BCUT2D eigenvalue weighted by molar-refractivity contribution is 6.30. The van der Waals surface area contributed by atoms with Crippen molar-refractivity contribution in [1.29, 1.82) is 0 Å². The van der Waals surface area contributed by atoms with E-state index in [1.165, 1.54) is 0 Å². The second-order valence-electron chi connectivity index (χ2n) is 4.81. The Bertz CT molecular complexity index is 371. The minimum Gasteiger partial charge on any atom is -0.444 e. The molecule has 0 atom stereocenters. The van der Waals surface area contributed by atoms with Gasteiger partial charge in [0, 0.05) is 18.7 Å². The molecule has 5 heteroatoms. The SMILES string of the molecule is CC(C)(C)OC(=O)NCCc1ccc(Cl)cc1.CO. The Labute approximate surface area is 119 Å². The normalized spacial score (nSPS) is 10.2. The van der Waals surface area contributed by atoms with Gasteiger partial charge in [-0.3, -0.25) is 0 Å². The maximum Gasteiger partial charge on any atom is 0.407 e. The standard InChI is InChI=1S/C13H18ClNO2.CH4O/c1-13(2,3)17-12(16)15-9-8-10-4-6-11(14)7-5-10;1-2/h4-7H,8-9H2,1-3H3,(H,15,16);2H,1H3. The summed E-state index contributed by atoms with van der Waals surface area (Å²) in [6, 6.07) is 7.56. The van der Waals surface area contributed by atoms with Crippen LogP contribution in [-0.2, 0) is 11.2 Å². The summed E-state index contributed by atoms with van der Waals surface area (Å²) in [5.74, 6) is 0. The first kappa shape index (κ1) is 17.7. The maximum absolute atomic E-state index is 11.3. The van der Waals surface area contributed by atoms with Crippen LogP contribution in [0.2, 0.25) is 5.02 Å². The van der Waals surface area contributed by atoms with E-state index in [-0.39, 0.29) is 6.09 Å². The van der Waals surface area contributed by atoms with Crippen LogP contribution in [-0.4, -0.2) is 30.5 Å². The van der Waals surface area contributed by atoms with E-state index >= 15 is 0 Å². The number of ether oxygens (including phenoxy) is 1. The summed E-state index contributed by atoms with van der Waals surface area (Å²) in [5.41, 5.74) is 0.676. The van der Waals surface area contributed by atoms with Gasteiger partial charge in [0.05, 0.1) is 0 Å². The van der Waals surface area contributed by atoms with Crippen molar-refractivity contribution >= 4 is 17.7 Å². The van der Waals surface area contributed by atoms with Gasteiger partial charge in [-0.25, -0.2) is 4.79 Å². The zero-order chi connectivity index (χ0) is 14.9. The van der Waals surface area contributed by atoms with Crippen molar-refractivity contribution in [1.82, 2.24) is 5.32 Å². The summed E-state index contributed by atoms with van der Waals surface area (Å²) in [6.45, 7) is 6.07. The van der Waals surface area contributed by atoms with Crippen molar-refractivity contribution in [2.75, 3.05) is 13.7 Å². The van der Waals surface area contributed by atoms with Gasteiger partial charge in [-0.1, -0.05) is 23.7 Å². The zero-order valence-corrected chi connectivity index (χ0v) is 12.6. The molecule has 1 aromatic rings. The fourth-order valence-electron chi connectivity index (χ4n) is 1.27. The lowest BCUT2D eigenvalue weighted by Crippen LogP contribution is -2.33. The minimum atomic E-state index is -0.454. The number of carbonyl (C=O) groups is 1. The highest BCUT2D eigenvalue weighted by Crippen LogP contribution is 2.10.